The highest BCUT2D eigenvalue weighted by molar-refractivity contribution is 7.14. The number of hydrogen-bond acceptors (Lipinski definition) is 6. The highest BCUT2D eigenvalue weighted by Gasteiger charge is 2.23. The summed E-state index contributed by atoms with van der Waals surface area (Å²) in [5.41, 5.74) is 3.69. The number of Topliss-reactive ketones (excluding diaryl/α,β-unsaturated/α-hetero) is 2. The van der Waals surface area contributed by atoms with E-state index in [0.717, 1.165) is 27.3 Å². The number of carbonyl (C=O) groups excluding carboxylic acids is 2. The average Bonchev–Trinajstić information content (AvgIpc) is 3.42. The third kappa shape index (κ3) is 2.98. The monoisotopic (exact) mass is 363 g/mol. The minimum Gasteiger partial charge on any atom is -0.361 e. The molecule has 0 aliphatic carbocycles. The molecule has 0 aliphatic heterocycles. The highest BCUT2D eigenvalue weighted by Crippen LogP contribution is 2.37. The first-order chi connectivity index (χ1) is 12.7. The van der Waals surface area contributed by atoms with Crippen molar-refractivity contribution in [2.45, 2.75) is 6.42 Å². The Balaban J connectivity index is 1.64. The van der Waals surface area contributed by atoms with Crippen LogP contribution in [0, 0.1) is 0 Å². The molecule has 7 nitrogen and oxygen atoms in total. The Morgan fingerprint density at radius 1 is 1.08 bits per heavy atom. The summed E-state index contributed by atoms with van der Waals surface area (Å²) in [7, 11) is 0. The van der Waals surface area contributed by atoms with Gasteiger partial charge in [-0.1, -0.05) is 30.3 Å². The van der Waals surface area contributed by atoms with Gasteiger partial charge in [-0.2, -0.15) is 5.21 Å². The van der Waals surface area contributed by atoms with Crippen molar-refractivity contribution in [3.8, 4) is 21.7 Å². The van der Waals surface area contributed by atoms with Gasteiger partial charge in [-0.05, 0) is 33.9 Å². The molecule has 0 saturated carbocycles. The number of rotatable bonds is 6. The summed E-state index contributed by atoms with van der Waals surface area (Å²) >= 11 is 1.63. The number of ketones is 2. The minimum atomic E-state index is -0.750. The Morgan fingerprint density at radius 3 is 2.69 bits per heavy atom. The molecule has 0 spiro atoms. The standard InChI is InChI=1S/C18H13N5O2S/c24-14(16(25)18-20-22-23-21-18)10-12-6-8-19-15(12)13-7-9-26-17(13)11-4-2-1-3-5-11/h1-9,19H,10H2,(H,20,21,22,23). The van der Waals surface area contributed by atoms with Crippen molar-refractivity contribution in [1.82, 2.24) is 25.6 Å². The van der Waals surface area contributed by atoms with Gasteiger partial charge in [-0.15, -0.1) is 21.5 Å². The lowest BCUT2D eigenvalue weighted by molar-refractivity contribution is -0.114. The molecule has 0 saturated heterocycles. The van der Waals surface area contributed by atoms with Crippen molar-refractivity contribution in [2.75, 3.05) is 0 Å². The molecule has 8 heteroatoms. The van der Waals surface area contributed by atoms with E-state index in [1.807, 2.05) is 47.8 Å². The van der Waals surface area contributed by atoms with Gasteiger partial charge in [-0.25, -0.2) is 0 Å². The number of aromatic nitrogens is 5. The number of tetrazole rings is 1. The molecule has 0 amide bonds. The van der Waals surface area contributed by atoms with Crippen LogP contribution in [-0.2, 0) is 11.2 Å². The van der Waals surface area contributed by atoms with E-state index in [0.29, 0.717) is 0 Å². The lowest BCUT2D eigenvalue weighted by Gasteiger charge is -2.06. The number of carbonyl (C=O) groups is 2. The smallest absolute Gasteiger partial charge is 0.269 e. The summed E-state index contributed by atoms with van der Waals surface area (Å²) in [5, 5.41) is 14.6. The molecular formula is C18H13N5O2S. The maximum Gasteiger partial charge on any atom is 0.269 e. The highest BCUT2D eigenvalue weighted by atomic mass is 32.1. The second kappa shape index (κ2) is 6.85. The maximum absolute atomic E-state index is 12.3. The van der Waals surface area contributed by atoms with Crippen molar-refractivity contribution < 1.29 is 9.59 Å². The first-order valence-corrected chi connectivity index (χ1v) is 8.72. The first-order valence-electron chi connectivity index (χ1n) is 7.84. The van der Waals surface area contributed by atoms with E-state index in [4.69, 9.17) is 0 Å². The zero-order valence-electron chi connectivity index (χ0n) is 13.5. The molecule has 0 aliphatic rings. The normalized spacial score (nSPS) is 10.8. The second-order valence-electron chi connectivity index (χ2n) is 5.57. The summed E-state index contributed by atoms with van der Waals surface area (Å²) in [6, 6.07) is 13.9. The first kappa shape index (κ1) is 16.1. The van der Waals surface area contributed by atoms with Gasteiger partial charge in [-0.3, -0.25) is 9.59 Å². The van der Waals surface area contributed by atoms with Crippen LogP contribution in [0.15, 0.2) is 54.0 Å². The Bertz CT molecular complexity index is 1050. The SMILES string of the molecule is O=C(Cc1cc[nH]c1-c1ccsc1-c1ccccc1)C(=O)c1nn[nH]n1. The van der Waals surface area contributed by atoms with Gasteiger partial charge in [0.1, 0.15) is 0 Å². The molecule has 0 unspecified atom stereocenters. The van der Waals surface area contributed by atoms with Gasteiger partial charge < -0.3 is 4.98 Å². The molecule has 0 fully saturated rings. The number of nitrogens with one attached hydrogen (secondary N) is 2. The van der Waals surface area contributed by atoms with Crippen molar-refractivity contribution in [3.05, 3.63) is 65.4 Å². The topological polar surface area (TPSA) is 104 Å². The van der Waals surface area contributed by atoms with E-state index >= 15 is 0 Å². The number of thiophene rings is 1. The third-order valence-corrected chi connectivity index (χ3v) is 4.92. The van der Waals surface area contributed by atoms with Crippen LogP contribution in [0.4, 0.5) is 0 Å². The van der Waals surface area contributed by atoms with Crippen molar-refractivity contribution in [3.63, 3.8) is 0 Å². The molecule has 0 bridgehead atoms. The van der Waals surface area contributed by atoms with Gasteiger partial charge in [0.15, 0.2) is 0 Å². The zero-order valence-corrected chi connectivity index (χ0v) is 14.3. The summed E-state index contributed by atoms with van der Waals surface area (Å²) in [6.07, 6.45) is 1.74. The number of nitrogens with zero attached hydrogens (tertiary/aromatic N) is 3. The van der Waals surface area contributed by atoms with Gasteiger partial charge in [0.2, 0.25) is 11.6 Å². The molecule has 4 rings (SSSR count). The third-order valence-electron chi connectivity index (χ3n) is 3.96. The molecule has 4 aromatic rings. The predicted octanol–water partition coefficient (Wildman–Crippen LogP) is 2.92. The van der Waals surface area contributed by atoms with E-state index < -0.39 is 11.6 Å². The zero-order chi connectivity index (χ0) is 17.9. The Hall–Kier alpha value is -3.39. The van der Waals surface area contributed by atoms with Gasteiger partial charge in [0.05, 0.1) is 5.69 Å². The van der Waals surface area contributed by atoms with Crippen LogP contribution in [0.5, 0.6) is 0 Å². The van der Waals surface area contributed by atoms with Crippen LogP contribution in [0.3, 0.4) is 0 Å². The fraction of sp³-hybridized carbons (Fsp3) is 0.0556. The molecule has 26 heavy (non-hydrogen) atoms. The van der Waals surface area contributed by atoms with Crippen LogP contribution in [0.2, 0.25) is 0 Å². The molecular weight excluding hydrogens is 350 g/mol. The lowest BCUT2D eigenvalue weighted by atomic mass is 10.0. The number of H-pyrrole nitrogens is 2. The number of benzene rings is 1. The van der Waals surface area contributed by atoms with Crippen LogP contribution in [0.25, 0.3) is 21.7 Å². The summed E-state index contributed by atoms with van der Waals surface area (Å²) in [4.78, 5) is 28.7. The van der Waals surface area contributed by atoms with Gasteiger partial charge >= 0.3 is 0 Å². The van der Waals surface area contributed by atoms with Crippen molar-refractivity contribution in [2.24, 2.45) is 0 Å². The Labute approximate surface area is 152 Å². The van der Waals surface area contributed by atoms with Crippen LogP contribution < -0.4 is 0 Å². The number of hydrogen-bond donors (Lipinski definition) is 2. The lowest BCUT2D eigenvalue weighted by Crippen LogP contribution is -2.18. The van der Waals surface area contributed by atoms with Crippen LogP contribution in [0.1, 0.15) is 16.2 Å². The van der Waals surface area contributed by atoms with E-state index in [9.17, 15) is 9.59 Å². The fourth-order valence-electron chi connectivity index (χ4n) is 2.75. The minimum absolute atomic E-state index is 0.0315. The fourth-order valence-corrected chi connectivity index (χ4v) is 3.66. The molecule has 3 heterocycles. The number of aromatic amines is 2. The van der Waals surface area contributed by atoms with E-state index in [1.165, 1.54) is 0 Å². The Morgan fingerprint density at radius 2 is 1.92 bits per heavy atom. The molecule has 128 valence electrons. The predicted molar refractivity (Wildman–Crippen MR) is 96.8 cm³/mol. The van der Waals surface area contributed by atoms with Gasteiger partial charge in [0, 0.05) is 23.1 Å². The van der Waals surface area contributed by atoms with E-state index in [2.05, 4.69) is 25.6 Å². The summed E-state index contributed by atoms with van der Waals surface area (Å²) < 4.78 is 0. The second-order valence-corrected chi connectivity index (χ2v) is 6.49. The average molecular weight is 363 g/mol. The molecule has 1 aromatic carbocycles. The van der Waals surface area contributed by atoms with Crippen LogP contribution >= 0.6 is 11.3 Å². The summed E-state index contributed by atoms with van der Waals surface area (Å²) in [5.74, 6) is -1.55. The molecule has 3 aromatic heterocycles. The molecule has 0 atom stereocenters. The van der Waals surface area contributed by atoms with E-state index in [1.54, 1.807) is 17.5 Å². The quantitative estimate of drug-likeness (QED) is 0.405. The molecule has 2 N–H and O–H groups in total. The Kier molecular flexibility index (Phi) is 4.24. The van der Waals surface area contributed by atoms with Crippen molar-refractivity contribution >= 4 is 22.9 Å². The van der Waals surface area contributed by atoms with Crippen LogP contribution in [-0.4, -0.2) is 37.2 Å². The van der Waals surface area contributed by atoms with Gasteiger partial charge in [0.25, 0.3) is 5.78 Å². The van der Waals surface area contributed by atoms with Crippen molar-refractivity contribution in [1.29, 1.82) is 0 Å². The molecule has 0 radical (unpaired) electrons. The largest absolute Gasteiger partial charge is 0.361 e. The van der Waals surface area contributed by atoms with E-state index in [-0.39, 0.29) is 12.2 Å². The summed E-state index contributed by atoms with van der Waals surface area (Å²) in [6.45, 7) is 0. The maximum atomic E-state index is 12.3.